The molecule has 0 spiro atoms. The Morgan fingerprint density at radius 1 is 1.35 bits per heavy atom. The first-order valence-corrected chi connectivity index (χ1v) is 8.42. The van der Waals surface area contributed by atoms with E-state index in [1.165, 1.54) is 0 Å². The van der Waals surface area contributed by atoms with Crippen molar-refractivity contribution in [1.29, 1.82) is 0 Å². The molecule has 0 atom stereocenters. The number of aliphatic carboxylic acids is 1. The Morgan fingerprint density at radius 2 is 2.00 bits per heavy atom. The fraction of sp³-hybridized carbons (Fsp3) is 0.875. The van der Waals surface area contributed by atoms with Crippen molar-refractivity contribution < 1.29 is 19.4 Å². The van der Waals surface area contributed by atoms with E-state index in [4.69, 9.17) is 9.84 Å². The van der Waals surface area contributed by atoms with E-state index in [-0.39, 0.29) is 30.8 Å². The highest BCUT2D eigenvalue weighted by Gasteiger charge is 2.35. The number of hydrogen-bond donors (Lipinski definition) is 2. The minimum atomic E-state index is -0.803. The average molecular weight is 329 g/mol. The maximum Gasteiger partial charge on any atom is 0.317 e. The normalized spacial score (nSPS) is 20.4. The van der Waals surface area contributed by atoms with E-state index in [1.807, 2.05) is 25.7 Å². The molecule has 0 aliphatic heterocycles. The topological polar surface area (TPSA) is 82.1 Å². The van der Waals surface area contributed by atoms with Crippen molar-refractivity contribution in [2.75, 3.05) is 33.3 Å². The summed E-state index contributed by atoms with van der Waals surface area (Å²) in [6.45, 7) is 8.05. The quantitative estimate of drug-likeness (QED) is 0.592. The molecule has 1 rings (SSSR count). The largest absolute Gasteiger partial charge is 0.480 e. The Bertz CT molecular complexity index is 384. The lowest BCUT2D eigenvalue weighted by Gasteiger charge is -2.42. The average Bonchev–Trinajstić information content (AvgIpc) is 2.43. The van der Waals surface area contributed by atoms with E-state index in [0.717, 1.165) is 19.3 Å². The van der Waals surface area contributed by atoms with Crippen molar-refractivity contribution in [2.24, 2.45) is 0 Å². The Hall–Kier alpha value is -1.34. The number of carbonyl (C=O) groups excluding carboxylic acids is 1. The molecular formula is C16H31N3O4. The number of nitrogens with one attached hydrogen (secondary N) is 1. The monoisotopic (exact) mass is 329 g/mol. The summed E-state index contributed by atoms with van der Waals surface area (Å²) in [4.78, 5) is 26.5. The molecule has 2 N–H and O–H groups in total. The minimum Gasteiger partial charge on any atom is -0.480 e. The first kappa shape index (κ1) is 19.7. The van der Waals surface area contributed by atoms with Gasteiger partial charge in [-0.1, -0.05) is 6.92 Å². The Balaban J connectivity index is 2.20. The number of carboxylic acid groups (broad SMARTS) is 1. The number of likely N-dealkylation sites (N-methyl/N-ethyl adjacent to an activating group) is 1. The number of amides is 2. The molecule has 1 fully saturated rings. The van der Waals surface area contributed by atoms with Gasteiger partial charge < -0.3 is 20.1 Å². The summed E-state index contributed by atoms with van der Waals surface area (Å²) in [5.74, 6) is -0.803. The molecule has 0 bridgehead atoms. The molecule has 2 amide bonds. The van der Waals surface area contributed by atoms with Crippen LogP contribution in [-0.4, -0.2) is 78.4 Å². The van der Waals surface area contributed by atoms with Gasteiger partial charge in [0, 0.05) is 32.3 Å². The molecule has 134 valence electrons. The second-order valence-electron chi connectivity index (χ2n) is 6.42. The van der Waals surface area contributed by atoms with E-state index in [1.54, 1.807) is 11.9 Å². The van der Waals surface area contributed by atoms with Crippen LogP contribution in [0.5, 0.6) is 0 Å². The summed E-state index contributed by atoms with van der Waals surface area (Å²) < 4.78 is 5.46. The predicted octanol–water partition coefficient (Wildman–Crippen LogP) is 1.38. The van der Waals surface area contributed by atoms with Crippen molar-refractivity contribution in [3.63, 3.8) is 0 Å². The lowest BCUT2D eigenvalue weighted by atomic mass is 9.85. The summed E-state index contributed by atoms with van der Waals surface area (Å²) in [7, 11) is 1.78. The zero-order chi connectivity index (χ0) is 17.4. The lowest BCUT2D eigenvalue weighted by Crippen LogP contribution is -2.56. The molecule has 0 aromatic heterocycles. The molecule has 7 nitrogen and oxygen atoms in total. The van der Waals surface area contributed by atoms with Crippen LogP contribution in [-0.2, 0) is 9.53 Å². The highest BCUT2D eigenvalue weighted by Crippen LogP contribution is 2.25. The van der Waals surface area contributed by atoms with Gasteiger partial charge in [0.1, 0.15) is 0 Å². The fourth-order valence-corrected chi connectivity index (χ4v) is 2.68. The van der Waals surface area contributed by atoms with Crippen LogP contribution < -0.4 is 5.32 Å². The van der Waals surface area contributed by atoms with Crippen LogP contribution in [0.15, 0.2) is 0 Å². The minimum absolute atomic E-state index is 0.0671. The van der Waals surface area contributed by atoms with E-state index in [9.17, 15) is 9.59 Å². The molecule has 0 heterocycles. The molecule has 1 saturated carbocycles. The summed E-state index contributed by atoms with van der Waals surface area (Å²) >= 11 is 0. The van der Waals surface area contributed by atoms with Crippen LogP contribution in [0, 0.1) is 0 Å². The predicted molar refractivity (Wildman–Crippen MR) is 88.6 cm³/mol. The van der Waals surface area contributed by atoms with Crippen LogP contribution in [0.4, 0.5) is 4.79 Å². The summed E-state index contributed by atoms with van der Waals surface area (Å²) in [6.07, 6.45) is 2.67. The van der Waals surface area contributed by atoms with E-state index in [2.05, 4.69) is 5.32 Å². The third-order valence-corrected chi connectivity index (χ3v) is 4.14. The van der Waals surface area contributed by atoms with E-state index < -0.39 is 5.97 Å². The van der Waals surface area contributed by atoms with Crippen LogP contribution in [0.25, 0.3) is 0 Å². The smallest absolute Gasteiger partial charge is 0.317 e. The van der Waals surface area contributed by atoms with Crippen LogP contribution in [0.3, 0.4) is 0 Å². The summed E-state index contributed by atoms with van der Waals surface area (Å²) in [5.41, 5.74) is 0. The third kappa shape index (κ3) is 7.18. The third-order valence-electron chi connectivity index (χ3n) is 4.14. The maximum atomic E-state index is 12.1. The van der Waals surface area contributed by atoms with Gasteiger partial charge in [0.2, 0.25) is 0 Å². The first-order chi connectivity index (χ1) is 10.8. The van der Waals surface area contributed by atoms with Crippen molar-refractivity contribution >= 4 is 12.0 Å². The van der Waals surface area contributed by atoms with E-state index in [0.29, 0.717) is 19.7 Å². The molecular weight excluding hydrogens is 298 g/mol. The summed E-state index contributed by atoms with van der Waals surface area (Å²) in [5, 5.41) is 11.9. The molecule has 0 unspecified atom stereocenters. The zero-order valence-corrected chi connectivity index (χ0v) is 14.7. The van der Waals surface area contributed by atoms with Gasteiger partial charge >= 0.3 is 12.0 Å². The van der Waals surface area contributed by atoms with Gasteiger partial charge in [-0.3, -0.25) is 9.69 Å². The molecule has 0 aromatic carbocycles. The van der Waals surface area contributed by atoms with Crippen LogP contribution in [0.1, 0.15) is 40.0 Å². The number of carbonyl (C=O) groups is 2. The zero-order valence-electron chi connectivity index (χ0n) is 14.7. The van der Waals surface area contributed by atoms with Gasteiger partial charge in [-0.25, -0.2) is 4.79 Å². The standard InChI is InChI=1S/C16H31N3O4/c1-5-19(11-15(20)21)14-9-13(10-14)17-16(22)18(4)7-6-8-23-12(2)3/h12-14H,5-11H2,1-4H3,(H,17,22)(H,20,21). The molecule has 0 saturated heterocycles. The number of ether oxygens (including phenoxy) is 1. The molecule has 23 heavy (non-hydrogen) atoms. The van der Waals surface area contributed by atoms with Crippen molar-refractivity contribution in [3.05, 3.63) is 0 Å². The maximum absolute atomic E-state index is 12.1. The van der Waals surface area contributed by atoms with Crippen LogP contribution >= 0.6 is 0 Å². The molecule has 1 aliphatic carbocycles. The summed E-state index contributed by atoms with van der Waals surface area (Å²) in [6, 6.07) is 0.329. The number of urea groups is 1. The van der Waals surface area contributed by atoms with Gasteiger partial charge in [-0.05, 0) is 39.7 Å². The van der Waals surface area contributed by atoms with Gasteiger partial charge in [0.05, 0.1) is 12.6 Å². The Labute approximate surface area is 139 Å². The molecule has 7 heteroatoms. The van der Waals surface area contributed by atoms with E-state index >= 15 is 0 Å². The van der Waals surface area contributed by atoms with Crippen molar-refractivity contribution in [1.82, 2.24) is 15.1 Å². The number of hydrogen-bond acceptors (Lipinski definition) is 4. The lowest BCUT2D eigenvalue weighted by molar-refractivity contribution is -0.139. The van der Waals surface area contributed by atoms with Gasteiger partial charge in [0.25, 0.3) is 0 Å². The molecule has 0 aromatic rings. The number of rotatable bonds is 10. The molecule has 1 aliphatic rings. The van der Waals surface area contributed by atoms with Crippen molar-refractivity contribution in [2.45, 2.75) is 58.2 Å². The highest BCUT2D eigenvalue weighted by molar-refractivity contribution is 5.74. The SMILES string of the molecule is CCN(CC(=O)O)C1CC(NC(=O)N(C)CCCOC(C)C)C1. The highest BCUT2D eigenvalue weighted by atomic mass is 16.5. The van der Waals surface area contributed by atoms with Gasteiger partial charge in [-0.15, -0.1) is 0 Å². The second-order valence-corrected chi connectivity index (χ2v) is 6.42. The first-order valence-electron chi connectivity index (χ1n) is 8.42. The number of carboxylic acids is 1. The number of nitrogens with zero attached hydrogens (tertiary/aromatic N) is 2. The molecule has 0 radical (unpaired) electrons. The Morgan fingerprint density at radius 3 is 2.52 bits per heavy atom. The van der Waals surface area contributed by atoms with Crippen LogP contribution in [0.2, 0.25) is 0 Å². The van der Waals surface area contributed by atoms with Crippen molar-refractivity contribution in [3.8, 4) is 0 Å². The second kappa shape index (κ2) is 9.72. The van der Waals surface area contributed by atoms with Gasteiger partial charge in [0.15, 0.2) is 0 Å². The van der Waals surface area contributed by atoms with Gasteiger partial charge in [-0.2, -0.15) is 0 Å². The fourth-order valence-electron chi connectivity index (χ4n) is 2.68. The Kier molecular flexibility index (Phi) is 8.33.